The number of hydrogen-bond donors (Lipinski definition) is 3. The molecule has 0 aliphatic rings. The Bertz CT molecular complexity index is 1120. The summed E-state index contributed by atoms with van der Waals surface area (Å²) in [6.45, 7) is 1.38. The van der Waals surface area contributed by atoms with Crippen LogP contribution in [0.15, 0.2) is 37.2 Å². The molecule has 0 amide bonds. The van der Waals surface area contributed by atoms with E-state index >= 15 is 0 Å². The van der Waals surface area contributed by atoms with Gasteiger partial charge in [0, 0.05) is 6.20 Å². The van der Waals surface area contributed by atoms with Crippen LogP contribution in [0.4, 0.5) is 31.9 Å². The number of alkyl halides is 2. The Balaban J connectivity index is 1.56. The van der Waals surface area contributed by atoms with E-state index in [1.54, 1.807) is 10.7 Å². The van der Waals surface area contributed by atoms with E-state index in [0.717, 1.165) is 10.2 Å². The predicted octanol–water partition coefficient (Wildman–Crippen LogP) is 2.48. The maximum absolute atomic E-state index is 12.4. The molecule has 28 heavy (non-hydrogen) atoms. The van der Waals surface area contributed by atoms with Crippen molar-refractivity contribution in [2.45, 2.75) is 19.9 Å². The average molecular weight is 387 g/mol. The molecule has 0 aliphatic carbocycles. The van der Waals surface area contributed by atoms with E-state index in [1.807, 2.05) is 13.0 Å². The molecule has 4 heterocycles. The van der Waals surface area contributed by atoms with E-state index in [0.29, 0.717) is 17.0 Å². The van der Waals surface area contributed by atoms with Crippen LogP contribution >= 0.6 is 0 Å². The summed E-state index contributed by atoms with van der Waals surface area (Å²) < 4.78 is 27.6. The Kier molecular flexibility index (Phi) is 4.43. The molecular weight excluding hydrogens is 372 g/mol. The summed E-state index contributed by atoms with van der Waals surface area (Å²) >= 11 is 0. The van der Waals surface area contributed by atoms with Crippen LogP contribution in [0.1, 0.15) is 5.56 Å². The van der Waals surface area contributed by atoms with Gasteiger partial charge in [0.2, 0.25) is 5.95 Å². The molecule has 0 saturated carbocycles. The van der Waals surface area contributed by atoms with Gasteiger partial charge in [-0.25, -0.2) is 23.3 Å². The third kappa shape index (κ3) is 3.65. The smallest absolute Gasteiger partial charge is 0.257 e. The molecule has 144 valence electrons. The summed E-state index contributed by atoms with van der Waals surface area (Å²) in [6, 6.07) is 1.85. The summed E-state index contributed by atoms with van der Waals surface area (Å²) in [5.41, 5.74) is 2.72. The van der Waals surface area contributed by atoms with Gasteiger partial charge in [-0.3, -0.25) is 4.68 Å². The van der Waals surface area contributed by atoms with Crippen LogP contribution in [0.25, 0.3) is 5.65 Å². The zero-order valence-corrected chi connectivity index (χ0v) is 14.6. The first-order chi connectivity index (χ1) is 13.5. The summed E-state index contributed by atoms with van der Waals surface area (Å²) in [5.74, 6) is 0.132. The van der Waals surface area contributed by atoms with Gasteiger partial charge in [0.15, 0.2) is 17.2 Å². The van der Waals surface area contributed by atoms with Crippen LogP contribution in [0.5, 0.6) is 5.75 Å². The molecule has 0 radical (unpaired) electrons. The molecule has 0 bridgehead atoms. The van der Waals surface area contributed by atoms with Gasteiger partial charge in [-0.1, -0.05) is 0 Å². The molecular formula is C16H15F2N9O. The third-order valence-corrected chi connectivity index (χ3v) is 3.86. The molecule has 0 spiro atoms. The van der Waals surface area contributed by atoms with Gasteiger partial charge in [-0.2, -0.15) is 15.2 Å². The SMILES string of the molecule is Cc1cc2ncnn2cc1Nc1ncc(O)c(Nc2cnn(CC(F)F)c2)n1. The maximum atomic E-state index is 12.4. The van der Waals surface area contributed by atoms with Crippen molar-refractivity contribution < 1.29 is 13.9 Å². The Hall–Kier alpha value is -3.83. The van der Waals surface area contributed by atoms with E-state index in [4.69, 9.17) is 0 Å². The standard InChI is InChI=1S/C16H15F2N9O/c1-9-2-14-20-8-22-27(14)6-11(9)24-16-19-4-12(28)15(25-16)23-10-3-21-26(5-10)7-13(17)18/h2-6,8,13,28H,7H2,1H3,(H2,19,23,24,25). The normalized spacial score (nSPS) is 11.3. The lowest BCUT2D eigenvalue weighted by atomic mass is 10.2. The predicted molar refractivity (Wildman–Crippen MR) is 96.2 cm³/mol. The molecule has 4 aromatic rings. The first-order valence-corrected chi connectivity index (χ1v) is 8.18. The largest absolute Gasteiger partial charge is 0.503 e. The molecule has 0 aromatic carbocycles. The van der Waals surface area contributed by atoms with Crippen LogP contribution in [0.2, 0.25) is 0 Å². The maximum Gasteiger partial charge on any atom is 0.257 e. The van der Waals surface area contributed by atoms with E-state index < -0.39 is 13.0 Å². The Morgan fingerprint density at radius 3 is 2.82 bits per heavy atom. The van der Waals surface area contributed by atoms with Crippen molar-refractivity contribution in [3.05, 3.63) is 42.7 Å². The van der Waals surface area contributed by atoms with Gasteiger partial charge in [-0.05, 0) is 18.6 Å². The number of pyridine rings is 1. The van der Waals surface area contributed by atoms with Crippen LogP contribution in [-0.2, 0) is 6.54 Å². The van der Waals surface area contributed by atoms with E-state index in [-0.39, 0.29) is 17.5 Å². The second-order valence-corrected chi connectivity index (χ2v) is 5.95. The minimum Gasteiger partial charge on any atom is -0.503 e. The molecule has 0 unspecified atom stereocenters. The molecule has 0 saturated heterocycles. The highest BCUT2D eigenvalue weighted by Crippen LogP contribution is 2.26. The third-order valence-electron chi connectivity index (χ3n) is 3.86. The summed E-state index contributed by atoms with van der Waals surface area (Å²) in [7, 11) is 0. The number of aromatic nitrogens is 7. The zero-order chi connectivity index (χ0) is 19.7. The number of nitrogens with one attached hydrogen (secondary N) is 2. The van der Waals surface area contributed by atoms with Crippen molar-refractivity contribution in [3.63, 3.8) is 0 Å². The van der Waals surface area contributed by atoms with Crippen LogP contribution in [0.3, 0.4) is 0 Å². The average Bonchev–Trinajstić information content (AvgIpc) is 3.26. The minimum atomic E-state index is -2.51. The lowest BCUT2D eigenvalue weighted by molar-refractivity contribution is 0.122. The lowest BCUT2D eigenvalue weighted by Crippen LogP contribution is -2.06. The Morgan fingerprint density at radius 1 is 1.14 bits per heavy atom. The quantitative estimate of drug-likeness (QED) is 0.462. The summed E-state index contributed by atoms with van der Waals surface area (Å²) in [4.78, 5) is 12.4. The minimum absolute atomic E-state index is 0.105. The molecule has 0 atom stereocenters. The second-order valence-electron chi connectivity index (χ2n) is 5.95. The number of aryl methyl sites for hydroxylation is 1. The molecule has 10 nitrogen and oxygen atoms in total. The van der Waals surface area contributed by atoms with Crippen molar-refractivity contribution >= 4 is 28.8 Å². The lowest BCUT2D eigenvalue weighted by Gasteiger charge is -2.11. The van der Waals surface area contributed by atoms with Crippen LogP contribution in [-0.4, -0.2) is 45.9 Å². The van der Waals surface area contributed by atoms with E-state index in [9.17, 15) is 13.9 Å². The second kappa shape index (κ2) is 7.06. The van der Waals surface area contributed by atoms with E-state index in [1.165, 1.54) is 24.9 Å². The highest BCUT2D eigenvalue weighted by molar-refractivity contribution is 5.65. The number of anilines is 4. The molecule has 3 N–H and O–H groups in total. The van der Waals surface area contributed by atoms with Gasteiger partial charge in [0.25, 0.3) is 6.43 Å². The van der Waals surface area contributed by atoms with Gasteiger partial charge < -0.3 is 15.7 Å². The summed E-state index contributed by atoms with van der Waals surface area (Å²) in [5, 5.41) is 23.8. The number of halogens is 2. The van der Waals surface area contributed by atoms with Gasteiger partial charge in [-0.15, -0.1) is 0 Å². The molecule has 12 heteroatoms. The summed E-state index contributed by atoms with van der Waals surface area (Å²) in [6.07, 6.45) is 4.66. The first kappa shape index (κ1) is 17.6. The van der Waals surface area contributed by atoms with E-state index in [2.05, 4.69) is 35.8 Å². The fraction of sp³-hybridized carbons (Fsp3) is 0.188. The van der Waals surface area contributed by atoms with Crippen molar-refractivity contribution in [2.24, 2.45) is 0 Å². The molecule has 4 rings (SSSR count). The first-order valence-electron chi connectivity index (χ1n) is 8.18. The van der Waals surface area contributed by atoms with Gasteiger partial charge in [0.1, 0.15) is 12.9 Å². The topological polar surface area (TPSA) is 118 Å². The number of rotatable bonds is 6. The van der Waals surface area contributed by atoms with Crippen molar-refractivity contribution in [2.75, 3.05) is 10.6 Å². The number of hydrogen-bond acceptors (Lipinski definition) is 8. The Morgan fingerprint density at radius 2 is 2.00 bits per heavy atom. The van der Waals surface area contributed by atoms with Crippen LogP contribution in [0, 0.1) is 6.92 Å². The van der Waals surface area contributed by atoms with Crippen LogP contribution < -0.4 is 10.6 Å². The van der Waals surface area contributed by atoms with Crippen molar-refractivity contribution in [1.29, 1.82) is 0 Å². The van der Waals surface area contributed by atoms with Crippen molar-refractivity contribution in [3.8, 4) is 5.75 Å². The van der Waals surface area contributed by atoms with Gasteiger partial charge in [0.05, 0.1) is 30.0 Å². The molecule has 0 aliphatic heterocycles. The zero-order valence-electron chi connectivity index (χ0n) is 14.6. The fourth-order valence-corrected chi connectivity index (χ4v) is 2.54. The van der Waals surface area contributed by atoms with Crippen molar-refractivity contribution in [1.82, 2.24) is 34.3 Å². The fourth-order valence-electron chi connectivity index (χ4n) is 2.54. The highest BCUT2D eigenvalue weighted by Gasteiger charge is 2.11. The number of aromatic hydroxyl groups is 1. The molecule has 4 aromatic heterocycles. The number of nitrogens with zero attached hydrogens (tertiary/aromatic N) is 7. The monoisotopic (exact) mass is 387 g/mol. The molecule has 0 fully saturated rings. The van der Waals surface area contributed by atoms with Gasteiger partial charge >= 0.3 is 0 Å². The highest BCUT2D eigenvalue weighted by atomic mass is 19.3. The Labute approximate surface area is 156 Å². The number of fused-ring (bicyclic) bond motifs is 1.